The molecule has 0 spiro atoms. The number of carbonyl (C=O) groups excluding carboxylic acids is 2. The lowest BCUT2D eigenvalue weighted by Gasteiger charge is -2.16. The van der Waals surface area contributed by atoms with E-state index < -0.39 is 11.9 Å². The number of aromatic nitrogens is 2. The van der Waals surface area contributed by atoms with E-state index in [1.807, 2.05) is 36.4 Å². The Labute approximate surface area is 166 Å². The number of rotatable bonds is 7. The standard InChI is InChI=1S/C20H20N4O3S/c21-18(26)16(12-13-6-2-1-3-7-13)22-17(25)10-11-24-19(27)14-8-4-5-9-15(14)23-20(24)28/h1-9,16H,10-12H2,(H2,21,26)(H,22,25)(H,23,28). The maximum absolute atomic E-state index is 12.6. The van der Waals surface area contributed by atoms with Crippen LogP contribution in [0.25, 0.3) is 10.9 Å². The van der Waals surface area contributed by atoms with Gasteiger partial charge in [0.05, 0.1) is 10.9 Å². The lowest BCUT2D eigenvalue weighted by Crippen LogP contribution is -2.46. The third-order valence-corrected chi connectivity index (χ3v) is 4.74. The van der Waals surface area contributed by atoms with Crippen LogP contribution in [0, 0.1) is 4.77 Å². The predicted octanol–water partition coefficient (Wildman–Crippen LogP) is 1.66. The van der Waals surface area contributed by atoms with Crippen LogP contribution >= 0.6 is 12.2 Å². The Morgan fingerprint density at radius 2 is 1.79 bits per heavy atom. The summed E-state index contributed by atoms with van der Waals surface area (Å²) in [6, 6.07) is 15.5. The molecule has 1 unspecified atom stereocenters. The Morgan fingerprint density at radius 1 is 1.11 bits per heavy atom. The van der Waals surface area contributed by atoms with Crippen LogP contribution in [0.15, 0.2) is 59.4 Å². The number of nitrogens with zero attached hydrogens (tertiary/aromatic N) is 1. The second-order valence-electron chi connectivity index (χ2n) is 6.39. The van der Waals surface area contributed by atoms with Gasteiger partial charge >= 0.3 is 0 Å². The van der Waals surface area contributed by atoms with Crippen molar-refractivity contribution in [1.82, 2.24) is 14.9 Å². The van der Waals surface area contributed by atoms with E-state index in [2.05, 4.69) is 10.3 Å². The number of nitrogens with two attached hydrogens (primary N) is 1. The molecular formula is C20H20N4O3S. The van der Waals surface area contributed by atoms with Gasteiger partial charge in [-0.3, -0.25) is 19.0 Å². The Morgan fingerprint density at radius 3 is 2.50 bits per heavy atom. The number of nitrogens with one attached hydrogen (secondary N) is 2. The molecule has 2 amide bonds. The van der Waals surface area contributed by atoms with Crippen molar-refractivity contribution in [1.29, 1.82) is 0 Å². The molecule has 3 aromatic rings. The summed E-state index contributed by atoms with van der Waals surface area (Å²) >= 11 is 5.24. The van der Waals surface area contributed by atoms with Gasteiger partial charge in [-0.1, -0.05) is 42.5 Å². The Bertz CT molecular complexity index is 1120. The molecule has 0 saturated heterocycles. The minimum Gasteiger partial charge on any atom is -0.368 e. The number of primary amides is 1. The fraction of sp³-hybridized carbons (Fsp3) is 0.200. The molecule has 28 heavy (non-hydrogen) atoms. The van der Waals surface area contributed by atoms with E-state index in [1.54, 1.807) is 18.2 Å². The quantitative estimate of drug-likeness (QED) is 0.528. The van der Waals surface area contributed by atoms with Crippen LogP contribution in [0.5, 0.6) is 0 Å². The molecule has 0 aliphatic carbocycles. The number of para-hydroxylation sites is 1. The van der Waals surface area contributed by atoms with Gasteiger partial charge in [0.15, 0.2) is 4.77 Å². The van der Waals surface area contributed by atoms with Crippen LogP contribution in [-0.2, 0) is 22.6 Å². The van der Waals surface area contributed by atoms with Crippen molar-refractivity contribution in [2.75, 3.05) is 0 Å². The summed E-state index contributed by atoms with van der Waals surface area (Å²) < 4.78 is 1.58. The molecule has 0 bridgehead atoms. The highest BCUT2D eigenvalue weighted by Crippen LogP contribution is 2.07. The van der Waals surface area contributed by atoms with E-state index in [1.165, 1.54) is 4.57 Å². The number of H-pyrrole nitrogens is 1. The number of amides is 2. The third kappa shape index (κ3) is 4.52. The van der Waals surface area contributed by atoms with Gasteiger partial charge < -0.3 is 16.0 Å². The summed E-state index contributed by atoms with van der Waals surface area (Å²) in [6.07, 6.45) is 0.298. The van der Waals surface area contributed by atoms with E-state index in [4.69, 9.17) is 18.0 Å². The zero-order chi connectivity index (χ0) is 20.1. The van der Waals surface area contributed by atoms with Crippen molar-refractivity contribution < 1.29 is 9.59 Å². The average molecular weight is 396 g/mol. The molecule has 3 rings (SSSR count). The molecule has 0 fully saturated rings. The molecule has 8 heteroatoms. The van der Waals surface area contributed by atoms with E-state index in [9.17, 15) is 14.4 Å². The van der Waals surface area contributed by atoms with E-state index in [0.29, 0.717) is 17.3 Å². The van der Waals surface area contributed by atoms with Crippen LogP contribution in [-0.4, -0.2) is 27.4 Å². The number of benzene rings is 2. The molecule has 4 N–H and O–H groups in total. The first-order valence-electron chi connectivity index (χ1n) is 8.80. The second kappa shape index (κ2) is 8.62. The number of hydrogen-bond acceptors (Lipinski definition) is 4. The summed E-state index contributed by atoms with van der Waals surface area (Å²) in [7, 11) is 0. The van der Waals surface area contributed by atoms with Crippen LogP contribution in [0.3, 0.4) is 0 Å². The van der Waals surface area contributed by atoms with Gasteiger partial charge in [0.2, 0.25) is 11.8 Å². The fourth-order valence-electron chi connectivity index (χ4n) is 2.95. The van der Waals surface area contributed by atoms with Crippen LogP contribution in [0.4, 0.5) is 0 Å². The number of carbonyl (C=O) groups is 2. The maximum atomic E-state index is 12.6. The summed E-state index contributed by atoms with van der Waals surface area (Å²) in [6.45, 7) is 0.0989. The Hall–Kier alpha value is -3.26. The zero-order valence-electron chi connectivity index (χ0n) is 15.1. The molecule has 0 aliphatic rings. The molecule has 1 heterocycles. The normalized spacial score (nSPS) is 11.9. The summed E-state index contributed by atoms with van der Waals surface area (Å²) in [4.78, 5) is 39.6. The van der Waals surface area contributed by atoms with Gasteiger partial charge in [0.1, 0.15) is 6.04 Å². The zero-order valence-corrected chi connectivity index (χ0v) is 15.9. The van der Waals surface area contributed by atoms with Crippen molar-refractivity contribution >= 4 is 34.9 Å². The van der Waals surface area contributed by atoms with Crippen LogP contribution in [0.1, 0.15) is 12.0 Å². The van der Waals surface area contributed by atoms with Crippen molar-refractivity contribution in [3.8, 4) is 0 Å². The van der Waals surface area contributed by atoms with Gasteiger partial charge in [-0.25, -0.2) is 0 Å². The topological polar surface area (TPSA) is 110 Å². The minimum atomic E-state index is -0.822. The molecule has 7 nitrogen and oxygen atoms in total. The Balaban J connectivity index is 1.69. The van der Waals surface area contributed by atoms with Crippen molar-refractivity contribution in [3.63, 3.8) is 0 Å². The smallest absolute Gasteiger partial charge is 0.262 e. The number of hydrogen-bond donors (Lipinski definition) is 3. The molecule has 0 aliphatic heterocycles. The molecule has 1 atom stereocenters. The first kappa shape index (κ1) is 19.5. The lowest BCUT2D eigenvalue weighted by atomic mass is 10.1. The van der Waals surface area contributed by atoms with Crippen molar-refractivity contribution in [3.05, 3.63) is 75.3 Å². The van der Waals surface area contributed by atoms with Gasteiger partial charge in [0.25, 0.3) is 5.56 Å². The van der Waals surface area contributed by atoms with Gasteiger partial charge in [-0.15, -0.1) is 0 Å². The van der Waals surface area contributed by atoms with Crippen molar-refractivity contribution in [2.24, 2.45) is 5.73 Å². The SMILES string of the molecule is NC(=O)C(Cc1ccccc1)NC(=O)CCn1c(=S)[nH]c2ccccc2c1=O. The van der Waals surface area contributed by atoms with Crippen molar-refractivity contribution in [2.45, 2.75) is 25.4 Å². The summed E-state index contributed by atoms with van der Waals surface area (Å²) in [5.74, 6) is -0.994. The van der Waals surface area contributed by atoms with E-state index in [-0.39, 0.29) is 29.2 Å². The van der Waals surface area contributed by atoms with E-state index >= 15 is 0 Å². The van der Waals surface area contributed by atoms with Gasteiger partial charge in [-0.2, -0.15) is 0 Å². The molecule has 1 aromatic heterocycles. The highest BCUT2D eigenvalue weighted by Gasteiger charge is 2.18. The van der Waals surface area contributed by atoms with Gasteiger partial charge in [-0.05, 0) is 29.9 Å². The first-order valence-corrected chi connectivity index (χ1v) is 9.21. The highest BCUT2D eigenvalue weighted by molar-refractivity contribution is 7.71. The fourth-order valence-corrected chi connectivity index (χ4v) is 3.24. The monoisotopic (exact) mass is 396 g/mol. The van der Waals surface area contributed by atoms with E-state index in [0.717, 1.165) is 5.56 Å². The second-order valence-corrected chi connectivity index (χ2v) is 6.78. The first-order chi connectivity index (χ1) is 13.5. The molecule has 144 valence electrons. The predicted molar refractivity (Wildman–Crippen MR) is 109 cm³/mol. The molecular weight excluding hydrogens is 376 g/mol. The third-order valence-electron chi connectivity index (χ3n) is 4.41. The van der Waals surface area contributed by atoms with Crippen LogP contribution < -0.4 is 16.6 Å². The Kier molecular flexibility index (Phi) is 6.00. The molecule has 0 saturated carbocycles. The van der Waals surface area contributed by atoms with Gasteiger partial charge in [0, 0.05) is 19.4 Å². The summed E-state index contributed by atoms with van der Waals surface area (Å²) in [5, 5.41) is 3.13. The maximum Gasteiger partial charge on any atom is 0.262 e. The summed E-state index contributed by atoms with van der Waals surface area (Å²) in [5.41, 5.74) is 6.70. The molecule has 2 aromatic carbocycles. The average Bonchev–Trinajstić information content (AvgIpc) is 2.68. The lowest BCUT2D eigenvalue weighted by molar-refractivity contribution is -0.127. The minimum absolute atomic E-state index is 0.00566. The largest absolute Gasteiger partial charge is 0.368 e. The number of aromatic amines is 1. The number of fused-ring (bicyclic) bond motifs is 1. The van der Waals surface area contributed by atoms with Crippen LogP contribution in [0.2, 0.25) is 0 Å². The molecule has 0 radical (unpaired) electrons. The highest BCUT2D eigenvalue weighted by atomic mass is 32.1.